The van der Waals surface area contributed by atoms with E-state index in [2.05, 4.69) is 234 Å². The standard InChI is InChI=1S/C70H47N5/c1-6-20-48(21-7-1)49-34-39-56(40-35-49)74(58-43-45-64-62(47-58)59-30-16-18-32-63(59)70(64,54-26-12-4-13-27-54)55-28-14-5-15-29-55)57-41-36-50(37-42-57)53-38-44-61-60-31-17-19-33-65(60)75(66(61)46-53)69-72-67(51-22-8-2-9-23-51)71-68(73-69)52-24-10-3-11-25-52/h1-47H. The summed E-state index contributed by atoms with van der Waals surface area (Å²) in [7, 11) is 0. The van der Waals surface area contributed by atoms with Gasteiger partial charge in [0.25, 0.3) is 0 Å². The average molecular weight is 958 g/mol. The Morgan fingerprint density at radius 3 is 1.33 bits per heavy atom. The van der Waals surface area contributed by atoms with Gasteiger partial charge in [0, 0.05) is 39.0 Å². The van der Waals surface area contributed by atoms with Crippen LogP contribution in [0.5, 0.6) is 0 Å². The molecule has 0 radical (unpaired) electrons. The fraction of sp³-hybridized carbons (Fsp3) is 0.0143. The first-order valence-electron chi connectivity index (χ1n) is 25.5. The summed E-state index contributed by atoms with van der Waals surface area (Å²) < 4.78 is 2.19. The van der Waals surface area contributed by atoms with Crippen molar-refractivity contribution in [3.63, 3.8) is 0 Å². The van der Waals surface area contributed by atoms with Crippen LogP contribution in [0.15, 0.2) is 285 Å². The van der Waals surface area contributed by atoms with E-state index in [1.54, 1.807) is 0 Å². The van der Waals surface area contributed by atoms with Gasteiger partial charge >= 0.3 is 0 Å². The van der Waals surface area contributed by atoms with E-state index in [0.29, 0.717) is 17.6 Å². The molecule has 2 heterocycles. The maximum absolute atomic E-state index is 5.19. The molecule has 13 aromatic rings. The molecule has 0 saturated carbocycles. The van der Waals surface area contributed by atoms with Crippen LogP contribution in [-0.2, 0) is 5.41 Å². The molecule has 14 rings (SSSR count). The third-order valence-corrected chi connectivity index (χ3v) is 15.0. The van der Waals surface area contributed by atoms with Gasteiger partial charge in [0.2, 0.25) is 5.95 Å². The molecule has 0 N–H and O–H groups in total. The Kier molecular flexibility index (Phi) is 10.7. The molecular formula is C70H47N5. The molecule has 0 unspecified atom stereocenters. The van der Waals surface area contributed by atoms with Crippen molar-refractivity contribution in [1.29, 1.82) is 0 Å². The van der Waals surface area contributed by atoms with Gasteiger partial charge in [0.1, 0.15) is 0 Å². The minimum atomic E-state index is -0.485. The third kappa shape index (κ3) is 7.44. The fourth-order valence-electron chi connectivity index (χ4n) is 11.5. The maximum Gasteiger partial charge on any atom is 0.238 e. The monoisotopic (exact) mass is 957 g/mol. The van der Waals surface area contributed by atoms with Crippen molar-refractivity contribution in [2.24, 2.45) is 0 Å². The van der Waals surface area contributed by atoms with Crippen molar-refractivity contribution >= 4 is 38.9 Å². The van der Waals surface area contributed by atoms with Crippen LogP contribution < -0.4 is 4.90 Å². The highest BCUT2D eigenvalue weighted by Gasteiger charge is 2.46. The minimum absolute atomic E-state index is 0.485. The summed E-state index contributed by atoms with van der Waals surface area (Å²) in [5.41, 5.74) is 18.7. The largest absolute Gasteiger partial charge is 0.310 e. The highest BCUT2D eigenvalue weighted by Crippen LogP contribution is 2.57. The number of hydrogen-bond acceptors (Lipinski definition) is 4. The van der Waals surface area contributed by atoms with E-state index in [-0.39, 0.29) is 0 Å². The van der Waals surface area contributed by atoms with Gasteiger partial charge in [0.15, 0.2) is 11.6 Å². The second-order valence-corrected chi connectivity index (χ2v) is 19.2. The SMILES string of the molecule is c1ccc(-c2ccc(N(c3ccc(-c4ccc5c6ccccc6n(-c6nc(-c7ccccc7)nc(-c7ccccc7)n6)c5c4)cc3)c3ccc4c(c3)-c3ccccc3C4(c3ccccc3)c3ccccc3)cc2)cc1. The summed E-state index contributed by atoms with van der Waals surface area (Å²) in [6.45, 7) is 0. The number of anilines is 3. The van der Waals surface area contributed by atoms with Crippen LogP contribution in [0.2, 0.25) is 0 Å². The highest BCUT2D eigenvalue weighted by molar-refractivity contribution is 6.10. The van der Waals surface area contributed by atoms with Crippen molar-refractivity contribution in [3.8, 4) is 62.1 Å². The van der Waals surface area contributed by atoms with Crippen LogP contribution in [0.4, 0.5) is 17.1 Å². The molecule has 1 aliphatic rings. The molecule has 75 heavy (non-hydrogen) atoms. The molecule has 0 saturated heterocycles. The van der Waals surface area contributed by atoms with E-state index >= 15 is 0 Å². The van der Waals surface area contributed by atoms with Crippen molar-refractivity contribution in [2.75, 3.05) is 4.90 Å². The Morgan fingerprint density at radius 2 is 0.733 bits per heavy atom. The third-order valence-electron chi connectivity index (χ3n) is 15.0. The van der Waals surface area contributed by atoms with Crippen LogP contribution in [0.25, 0.3) is 83.9 Å². The zero-order valence-electron chi connectivity index (χ0n) is 40.9. The summed E-state index contributed by atoms with van der Waals surface area (Å²) in [4.78, 5) is 17.8. The van der Waals surface area contributed by atoms with E-state index in [1.165, 1.54) is 44.5 Å². The quantitative estimate of drug-likeness (QED) is 0.137. The normalized spacial score (nSPS) is 12.4. The van der Waals surface area contributed by atoms with Crippen molar-refractivity contribution in [1.82, 2.24) is 19.5 Å². The Morgan fingerprint density at radius 1 is 0.293 bits per heavy atom. The second kappa shape index (κ2) is 18.3. The maximum atomic E-state index is 5.19. The number of fused-ring (bicyclic) bond motifs is 6. The van der Waals surface area contributed by atoms with Gasteiger partial charge in [-0.2, -0.15) is 9.97 Å². The lowest BCUT2D eigenvalue weighted by Gasteiger charge is -2.34. The average Bonchev–Trinajstić information content (AvgIpc) is 4.01. The molecule has 0 aliphatic heterocycles. The molecule has 11 aromatic carbocycles. The van der Waals surface area contributed by atoms with Crippen LogP contribution in [-0.4, -0.2) is 19.5 Å². The number of nitrogens with zero attached hydrogens (tertiary/aromatic N) is 5. The van der Waals surface area contributed by atoms with Gasteiger partial charge in [-0.1, -0.05) is 237 Å². The Balaban J connectivity index is 0.907. The molecule has 0 bridgehead atoms. The molecule has 352 valence electrons. The summed E-state index contributed by atoms with van der Waals surface area (Å²) in [5.74, 6) is 1.81. The highest BCUT2D eigenvalue weighted by atomic mass is 15.2. The van der Waals surface area contributed by atoms with E-state index in [1.807, 2.05) is 60.7 Å². The predicted octanol–water partition coefficient (Wildman–Crippen LogP) is 17.5. The Labute approximate surface area is 436 Å². The first-order chi connectivity index (χ1) is 37.2. The first kappa shape index (κ1) is 43.8. The molecular weight excluding hydrogens is 911 g/mol. The molecule has 5 nitrogen and oxygen atoms in total. The summed E-state index contributed by atoms with van der Waals surface area (Å²) in [6, 6.07) is 102. The number of para-hydroxylation sites is 1. The summed E-state index contributed by atoms with van der Waals surface area (Å²) in [5, 5.41) is 2.26. The van der Waals surface area contributed by atoms with E-state index in [9.17, 15) is 0 Å². The molecule has 2 aromatic heterocycles. The predicted molar refractivity (Wildman–Crippen MR) is 308 cm³/mol. The lowest BCUT2D eigenvalue weighted by Crippen LogP contribution is -2.28. The molecule has 0 spiro atoms. The number of benzene rings is 11. The van der Waals surface area contributed by atoms with Gasteiger partial charge < -0.3 is 4.90 Å². The fourth-order valence-corrected chi connectivity index (χ4v) is 11.5. The van der Waals surface area contributed by atoms with Crippen LogP contribution >= 0.6 is 0 Å². The Bertz CT molecular complexity index is 4100. The molecule has 5 heteroatoms. The first-order valence-corrected chi connectivity index (χ1v) is 25.5. The zero-order chi connectivity index (χ0) is 49.7. The summed E-state index contributed by atoms with van der Waals surface area (Å²) >= 11 is 0. The molecule has 0 amide bonds. The lowest BCUT2D eigenvalue weighted by molar-refractivity contribution is 0.768. The lowest BCUT2D eigenvalue weighted by atomic mass is 9.68. The van der Waals surface area contributed by atoms with E-state index in [0.717, 1.165) is 61.1 Å². The van der Waals surface area contributed by atoms with Crippen molar-refractivity contribution < 1.29 is 0 Å². The molecule has 1 aliphatic carbocycles. The van der Waals surface area contributed by atoms with Gasteiger partial charge in [-0.3, -0.25) is 4.57 Å². The van der Waals surface area contributed by atoms with Gasteiger partial charge in [0.05, 0.1) is 16.4 Å². The van der Waals surface area contributed by atoms with Crippen molar-refractivity contribution in [3.05, 3.63) is 307 Å². The zero-order valence-corrected chi connectivity index (χ0v) is 40.9. The van der Waals surface area contributed by atoms with Gasteiger partial charge in [-0.25, -0.2) is 4.98 Å². The number of rotatable bonds is 10. The van der Waals surface area contributed by atoms with E-state index < -0.39 is 5.41 Å². The van der Waals surface area contributed by atoms with Crippen LogP contribution in [0, 0.1) is 0 Å². The number of aromatic nitrogens is 4. The van der Waals surface area contributed by atoms with Gasteiger partial charge in [-0.15, -0.1) is 0 Å². The van der Waals surface area contributed by atoms with Crippen LogP contribution in [0.1, 0.15) is 22.3 Å². The molecule has 0 atom stereocenters. The summed E-state index contributed by atoms with van der Waals surface area (Å²) in [6.07, 6.45) is 0. The second-order valence-electron chi connectivity index (χ2n) is 19.2. The minimum Gasteiger partial charge on any atom is -0.310 e. The Hall–Kier alpha value is -9.97. The van der Waals surface area contributed by atoms with E-state index in [4.69, 9.17) is 15.0 Å². The van der Waals surface area contributed by atoms with Gasteiger partial charge in [-0.05, 0) is 104 Å². The molecule has 0 fully saturated rings. The smallest absolute Gasteiger partial charge is 0.238 e. The van der Waals surface area contributed by atoms with Crippen molar-refractivity contribution in [2.45, 2.75) is 5.41 Å². The van der Waals surface area contributed by atoms with Crippen LogP contribution in [0.3, 0.4) is 0 Å². The topological polar surface area (TPSA) is 46.8 Å². The number of hydrogen-bond donors (Lipinski definition) is 0.